The summed E-state index contributed by atoms with van der Waals surface area (Å²) in [6.07, 6.45) is 2.86. The van der Waals surface area contributed by atoms with Gasteiger partial charge in [0.15, 0.2) is 11.5 Å². The molecule has 166 valence electrons. The molecule has 7 heteroatoms. The number of methoxy groups -OCH3 is 2. The van der Waals surface area contributed by atoms with E-state index in [-0.39, 0.29) is 17.4 Å². The van der Waals surface area contributed by atoms with Gasteiger partial charge in [0.25, 0.3) is 5.91 Å². The summed E-state index contributed by atoms with van der Waals surface area (Å²) in [6, 6.07) is 11.4. The minimum atomic E-state index is -0.103. The molecule has 3 unspecified atom stereocenters. The summed E-state index contributed by atoms with van der Waals surface area (Å²) >= 11 is 12.1. The van der Waals surface area contributed by atoms with E-state index in [1.54, 1.807) is 32.4 Å². The molecule has 31 heavy (non-hydrogen) atoms. The molecule has 3 atom stereocenters. The first-order valence-corrected chi connectivity index (χ1v) is 11.3. The highest BCUT2D eigenvalue weighted by molar-refractivity contribution is 6.42. The molecule has 2 aromatic rings. The average Bonchev–Trinajstić information content (AvgIpc) is 3.11. The molecule has 1 amide bonds. The first-order valence-electron chi connectivity index (χ1n) is 10.5. The van der Waals surface area contributed by atoms with Crippen molar-refractivity contribution in [3.05, 3.63) is 57.6 Å². The molecule has 1 aliphatic heterocycles. The number of amides is 1. The van der Waals surface area contributed by atoms with Crippen LogP contribution in [0.5, 0.6) is 11.5 Å². The smallest absolute Gasteiger partial charge is 0.251 e. The number of nitrogens with one attached hydrogen (secondary N) is 1. The lowest BCUT2D eigenvalue weighted by atomic mass is 9.63. The van der Waals surface area contributed by atoms with Crippen molar-refractivity contribution in [2.24, 2.45) is 5.92 Å². The van der Waals surface area contributed by atoms with Crippen molar-refractivity contribution in [2.75, 3.05) is 34.4 Å². The minimum absolute atomic E-state index is 0.0547. The number of nitrogens with zero attached hydrogens (tertiary/aromatic N) is 1. The van der Waals surface area contributed by atoms with Gasteiger partial charge in [-0.25, -0.2) is 0 Å². The lowest BCUT2D eigenvalue weighted by molar-refractivity contribution is 0.0904. The summed E-state index contributed by atoms with van der Waals surface area (Å²) in [5.74, 6) is 1.85. The van der Waals surface area contributed by atoms with Gasteiger partial charge in [0.1, 0.15) is 0 Å². The van der Waals surface area contributed by atoms with Gasteiger partial charge >= 0.3 is 0 Å². The number of halogens is 2. The Hall–Kier alpha value is -1.95. The van der Waals surface area contributed by atoms with E-state index in [4.69, 9.17) is 32.7 Å². The van der Waals surface area contributed by atoms with Crippen LogP contribution in [-0.2, 0) is 5.41 Å². The monoisotopic (exact) mass is 462 g/mol. The first kappa shape index (κ1) is 22.3. The van der Waals surface area contributed by atoms with Crippen LogP contribution in [0.25, 0.3) is 0 Å². The average molecular weight is 463 g/mol. The first-order chi connectivity index (χ1) is 14.9. The van der Waals surface area contributed by atoms with Crippen molar-refractivity contribution in [1.29, 1.82) is 0 Å². The van der Waals surface area contributed by atoms with E-state index in [0.717, 1.165) is 43.9 Å². The summed E-state index contributed by atoms with van der Waals surface area (Å²) < 4.78 is 11.0. The molecule has 0 bridgehead atoms. The maximum Gasteiger partial charge on any atom is 0.251 e. The van der Waals surface area contributed by atoms with E-state index in [9.17, 15) is 4.79 Å². The van der Waals surface area contributed by atoms with Crippen molar-refractivity contribution < 1.29 is 14.3 Å². The molecular formula is C24H28Cl2N2O3. The number of likely N-dealkylation sites (N-methyl/N-ethyl adjacent to an activating group) is 1. The number of hydrogen-bond donors (Lipinski definition) is 1. The third-order valence-electron chi connectivity index (χ3n) is 6.85. The van der Waals surface area contributed by atoms with E-state index < -0.39 is 0 Å². The third-order valence-corrected chi connectivity index (χ3v) is 7.59. The second-order valence-electron chi connectivity index (χ2n) is 8.69. The summed E-state index contributed by atoms with van der Waals surface area (Å²) in [7, 11) is 5.50. The Kier molecular flexibility index (Phi) is 6.38. The molecule has 2 fully saturated rings. The molecule has 1 heterocycles. The second-order valence-corrected chi connectivity index (χ2v) is 9.51. The largest absolute Gasteiger partial charge is 0.493 e. The molecule has 1 N–H and O–H groups in total. The van der Waals surface area contributed by atoms with Crippen LogP contribution in [0.1, 0.15) is 35.2 Å². The molecule has 2 aromatic carbocycles. The third kappa shape index (κ3) is 4.23. The quantitative estimate of drug-likeness (QED) is 0.693. The number of carbonyl (C=O) groups is 1. The molecule has 2 aliphatic rings. The van der Waals surface area contributed by atoms with Crippen LogP contribution in [0.15, 0.2) is 36.4 Å². The SMILES string of the molecule is COc1ccc(C23CCC(NC(=O)c4ccc(Cl)c(Cl)c4)CC2CN(C)C3)cc1OC. The number of rotatable bonds is 5. The predicted octanol–water partition coefficient (Wildman–Crippen LogP) is 4.79. The Morgan fingerprint density at radius 1 is 1.10 bits per heavy atom. The fourth-order valence-electron chi connectivity index (χ4n) is 5.36. The second kappa shape index (κ2) is 8.89. The maximum absolute atomic E-state index is 12.8. The number of hydrogen-bond acceptors (Lipinski definition) is 4. The van der Waals surface area contributed by atoms with E-state index in [1.807, 2.05) is 6.07 Å². The molecule has 5 nitrogen and oxygen atoms in total. The maximum atomic E-state index is 12.8. The van der Waals surface area contributed by atoms with Gasteiger partial charge in [-0.05, 0) is 68.1 Å². The summed E-state index contributed by atoms with van der Waals surface area (Å²) in [6.45, 7) is 2.01. The van der Waals surface area contributed by atoms with Gasteiger partial charge in [-0.2, -0.15) is 0 Å². The number of ether oxygens (including phenoxy) is 2. The van der Waals surface area contributed by atoms with Gasteiger partial charge in [-0.15, -0.1) is 0 Å². The van der Waals surface area contributed by atoms with Crippen LogP contribution in [0.4, 0.5) is 0 Å². The molecule has 4 rings (SSSR count). The van der Waals surface area contributed by atoms with Gasteiger partial charge < -0.3 is 19.7 Å². The molecule has 0 aromatic heterocycles. The summed E-state index contributed by atoms with van der Waals surface area (Å²) in [4.78, 5) is 15.2. The number of likely N-dealkylation sites (tertiary alicyclic amines) is 1. The number of carbonyl (C=O) groups excluding carboxylic acids is 1. The van der Waals surface area contributed by atoms with E-state index in [1.165, 1.54) is 5.56 Å². The number of fused-ring (bicyclic) bond motifs is 1. The standard InChI is InChI=1S/C24H28Cl2N2O3/c1-28-13-17-11-18(27-23(29)15-4-6-19(25)20(26)10-15)8-9-24(17,14-28)16-5-7-21(30-2)22(12-16)31-3/h4-7,10,12,17-18H,8-9,11,13-14H2,1-3H3,(H,27,29). The van der Waals surface area contributed by atoms with Gasteiger partial charge in [0.2, 0.25) is 0 Å². The lowest BCUT2D eigenvalue weighted by Crippen LogP contribution is -2.47. The Labute approximate surface area is 193 Å². The number of benzene rings is 2. The molecule has 1 aliphatic carbocycles. The van der Waals surface area contributed by atoms with Crippen LogP contribution in [-0.4, -0.2) is 51.2 Å². The highest BCUT2D eigenvalue weighted by atomic mass is 35.5. The fraction of sp³-hybridized carbons (Fsp3) is 0.458. The minimum Gasteiger partial charge on any atom is -0.493 e. The van der Waals surface area contributed by atoms with Crippen LogP contribution in [0, 0.1) is 5.92 Å². The van der Waals surface area contributed by atoms with E-state index in [2.05, 4.69) is 29.4 Å². The highest BCUT2D eigenvalue weighted by Gasteiger charge is 2.50. The Bertz CT molecular complexity index is 983. The van der Waals surface area contributed by atoms with Crippen molar-refractivity contribution in [1.82, 2.24) is 10.2 Å². The zero-order chi connectivity index (χ0) is 22.2. The molecule has 1 saturated carbocycles. The van der Waals surface area contributed by atoms with E-state index in [0.29, 0.717) is 21.5 Å². The highest BCUT2D eigenvalue weighted by Crippen LogP contribution is 2.49. The van der Waals surface area contributed by atoms with Crippen LogP contribution in [0.2, 0.25) is 10.0 Å². The predicted molar refractivity (Wildman–Crippen MR) is 124 cm³/mol. The zero-order valence-corrected chi connectivity index (χ0v) is 19.6. The molecular weight excluding hydrogens is 435 g/mol. The topological polar surface area (TPSA) is 50.8 Å². The van der Waals surface area contributed by atoms with Crippen molar-refractivity contribution in [3.8, 4) is 11.5 Å². The van der Waals surface area contributed by atoms with E-state index >= 15 is 0 Å². The normalized spacial score (nSPS) is 25.7. The molecule has 0 spiro atoms. The molecule has 1 saturated heterocycles. The Morgan fingerprint density at radius 2 is 1.87 bits per heavy atom. The lowest BCUT2D eigenvalue weighted by Gasteiger charge is -2.43. The van der Waals surface area contributed by atoms with Crippen molar-refractivity contribution >= 4 is 29.1 Å². The van der Waals surface area contributed by atoms with Crippen molar-refractivity contribution in [3.63, 3.8) is 0 Å². The van der Waals surface area contributed by atoms with Gasteiger partial charge in [0, 0.05) is 30.1 Å². The van der Waals surface area contributed by atoms with Gasteiger partial charge in [-0.1, -0.05) is 29.3 Å². The summed E-state index contributed by atoms with van der Waals surface area (Å²) in [5, 5.41) is 4.06. The Balaban J connectivity index is 1.53. The zero-order valence-electron chi connectivity index (χ0n) is 18.1. The van der Waals surface area contributed by atoms with Crippen LogP contribution in [0.3, 0.4) is 0 Å². The van der Waals surface area contributed by atoms with Gasteiger partial charge in [-0.3, -0.25) is 4.79 Å². The Morgan fingerprint density at radius 3 is 2.58 bits per heavy atom. The molecule has 0 radical (unpaired) electrons. The van der Waals surface area contributed by atoms with Gasteiger partial charge in [0.05, 0.1) is 24.3 Å². The fourth-order valence-corrected chi connectivity index (χ4v) is 5.66. The van der Waals surface area contributed by atoms with Crippen LogP contribution < -0.4 is 14.8 Å². The van der Waals surface area contributed by atoms with Crippen molar-refractivity contribution in [2.45, 2.75) is 30.7 Å². The summed E-state index contributed by atoms with van der Waals surface area (Å²) in [5.41, 5.74) is 1.88. The van der Waals surface area contributed by atoms with Crippen LogP contribution >= 0.6 is 23.2 Å².